The van der Waals surface area contributed by atoms with E-state index >= 15 is 0 Å². The molecule has 0 saturated heterocycles. The lowest BCUT2D eigenvalue weighted by Gasteiger charge is -2.12. The van der Waals surface area contributed by atoms with E-state index in [0.717, 1.165) is 5.56 Å². The zero-order chi connectivity index (χ0) is 10.9. The van der Waals surface area contributed by atoms with Crippen LogP contribution in [-0.4, -0.2) is 17.8 Å². The highest BCUT2D eigenvalue weighted by Gasteiger charge is 2.05. The molecule has 0 spiro atoms. The predicted octanol–water partition coefficient (Wildman–Crippen LogP) is 1.98. The summed E-state index contributed by atoms with van der Waals surface area (Å²) in [5, 5.41) is 9.04. The molecule has 1 rings (SSSR count). The number of ether oxygens (including phenoxy) is 1. The minimum absolute atomic E-state index is 0.0154. The normalized spacial score (nSPS) is 11.6. The first-order valence-corrected chi connectivity index (χ1v) is 5.02. The molecular formula is C13H16O2. The Bertz CT molecular complexity index is 321. The second kappa shape index (κ2) is 7.05. The Labute approximate surface area is 90.9 Å². The van der Waals surface area contributed by atoms with Crippen molar-refractivity contribution in [2.24, 2.45) is 0 Å². The largest absolute Gasteiger partial charge is 0.394 e. The van der Waals surface area contributed by atoms with E-state index in [1.807, 2.05) is 30.3 Å². The average molecular weight is 204 g/mol. The van der Waals surface area contributed by atoms with Crippen LogP contribution in [0, 0.1) is 11.8 Å². The van der Waals surface area contributed by atoms with Crippen molar-refractivity contribution in [1.29, 1.82) is 0 Å². The van der Waals surface area contributed by atoms with Gasteiger partial charge in [0.15, 0.2) is 0 Å². The van der Waals surface area contributed by atoms with Gasteiger partial charge in [0.25, 0.3) is 0 Å². The van der Waals surface area contributed by atoms with Gasteiger partial charge in [-0.25, -0.2) is 0 Å². The van der Waals surface area contributed by atoms with Crippen LogP contribution in [0.4, 0.5) is 0 Å². The summed E-state index contributed by atoms with van der Waals surface area (Å²) in [4.78, 5) is 0. The SMILES string of the molecule is CC#CCC(CO)OCc1ccccc1. The Morgan fingerprint density at radius 1 is 1.33 bits per heavy atom. The second-order valence-electron chi connectivity index (χ2n) is 3.23. The van der Waals surface area contributed by atoms with Crippen LogP contribution in [0.5, 0.6) is 0 Å². The molecule has 2 heteroatoms. The van der Waals surface area contributed by atoms with Gasteiger partial charge in [-0.3, -0.25) is 0 Å². The first kappa shape index (κ1) is 11.8. The van der Waals surface area contributed by atoms with E-state index in [0.29, 0.717) is 13.0 Å². The highest BCUT2D eigenvalue weighted by atomic mass is 16.5. The summed E-state index contributed by atoms with van der Waals surface area (Å²) in [6.07, 6.45) is 0.400. The molecule has 1 aromatic rings. The van der Waals surface area contributed by atoms with Gasteiger partial charge in [0.1, 0.15) is 0 Å². The molecule has 15 heavy (non-hydrogen) atoms. The van der Waals surface area contributed by atoms with Gasteiger partial charge in [-0.2, -0.15) is 0 Å². The maximum atomic E-state index is 9.04. The summed E-state index contributed by atoms with van der Waals surface area (Å²) in [6, 6.07) is 9.91. The van der Waals surface area contributed by atoms with Crippen molar-refractivity contribution in [2.45, 2.75) is 26.1 Å². The molecule has 0 aliphatic carbocycles. The van der Waals surface area contributed by atoms with Gasteiger partial charge in [0.05, 0.1) is 19.3 Å². The average Bonchev–Trinajstić information content (AvgIpc) is 2.31. The Morgan fingerprint density at radius 2 is 2.07 bits per heavy atom. The molecule has 1 aromatic carbocycles. The van der Waals surface area contributed by atoms with Crippen LogP contribution in [0.2, 0.25) is 0 Å². The number of benzene rings is 1. The van der Waals surface area contributed by atoms with Crippen molar-refractivity contribution < 1.29 is 9.84 Å². The molecule has 1 N–H and O–H groups in total. The van der Waals surface area contributed by atoms with Crippen LogP contribution in [0.3, 0.4) is 0 Å². The Morgan fingerprint density at radius 3 is 2.67 bits per heavy atom. The van der Waals surface area contributed by atoms with E-state index in [2.05, 4.69) is 11.8 Å². The second-order valence-corrected chi connectivity index (χ2v) is 3.23. The van der Waals surface area contributed by atoms with E-state index in [9.17, 15) is 0 Å². The van der Waals surface area contributed by atoms with Crippen molar-refractivity contribution in [3.63, 3.8) is 0 Å². The van der Waals surface area contributed by atoms with Gasteiger partial charge in [-0.05, 0) is 12.5 Å². The van der Waals surface area contributed by atoms with Crippen LogP contribution in [0.25, 0.3) is 0 Å². The molecule has 80 valence electrons. The van der Waals surface area contributed by atoms with Gasteiger partial charge < -0.3 is 9.84 Å². The third-order valence-corrected chi connectivity index (χ3v) is 2.04. The Hall–Kier alpha value is -1.30. The molecule has 0 saturated carbocycles. The summed E-state index contributed by atoms with van der Waals surface area (Å²) in [5.41, 5.74) is 1.11. The third kappa shape index (κ3) is 4.64. The highest BCUT2D eigenvalue weighted by Crippen LogP contribution is 2.05. The minimum Gasteiger partial charge on any atom is -0.394 e. The zero-order valence-corrected chi connectivity index (χ0v) is 8.94. The molecule has 0 aliphatic rings. The molecule has 0 bridgehead atoms. The maximum absolute atomic E-state index is 9.04. The molecule has 2 nitrogen and oxygen atoms in total. The number of hydrogen-bond acceptors (Lipinski definition) is 2. The summed E-state index contributed by atoms with van der Waals surface area (Å²) in [6.45, 7) is 2.32. The third-order valence-electron chi connectivity index (χ3n) is 2.04. The van der Waals surface area contributed by atoms with Gasteiger partial charge in [-0.1, -0.05) is 30.3 Å². The van der Waals surface area contributed by atoms with E-state index in [-0.39, 0.29) is 12.7 Å². The van der Waals surface area contributed by atoms with E-state index < -0.39 is 0 Å². The molecule has 0 aliphatic heterocycles. The van der Waals surface area contributed by atoms with Crippen LogP contribution in [0.15, 0.2) is 30.3 Å². The molecule has 0 amide bonds. The standard InChI is InChI=1S/C13H16O2/c1-2-3-9-13(10-14)15-11-12-7-5-4-6-8-12/h4-8,13-14H,9-11H2,1H3. The minimum atomic E-state index is -0.183. The highest BCUT2D eigenvalue weighted by molar-refractivity contribution is 5.13. The maximum Gasteiger partial charge on any atom is 0.0919 e. The molecule has 1 atom stereocenters. The first-order valence-electron chi connectivity index (χ1n) is 5.02. The van der Waals surface area contributed by atoms with Crippen LogP contribution < -0.4 is 0 Å². The number of aliphatic hydroxyl groups is 1. The molecule has 0 radical (unpaired) electrons. The number of rotatable bonds is 5. The molecule has 0 aromatic heterocycles. The fourth-order valence-corrected chi connectivity index (χ4v) is 1.18. The summed E-state index contributed by atoms with van der Waals surface area (Å²) < 4.78 is 5.53. The predicted molar refractivity (Wildman–Crippen MR) is 60.2 cm³/mol. The van der Waals surface area contributed by atoms with E-state index in [4.69, 9.17) is 9.84 Å². The van der Waals surface area contributed by atoms with Gasteiger partial charge in [-0.15, -0.1) is 11.8 Å². The number of hydrogen-bond donors (Lipinski definition) is 1. The first-order chi connectivity index (χ1) is 7.36. The summed E-state index contributed by atoms with van der Waals surface area (Å²) >= 11 is 0. The molecular weight excluding hydrogens is 188 g/mol. The van der Waals surface area contributed by atoms with Gasteiger partial charge in [0.2, 0.25) is 0 Å². The van der Waals surface area contributed by atoms with Crippen molar-refractivity contribution >= 4 is 0 Å². The molecule has 0 fully saturated rings. The lowest BCUT2D eigenvalue weighted by Crippen LogP contribution is -2.16. The van der Waals surface area contributed by atoms with Crippen LogP contribution in [-0.2, 0) is 11.3 Å². The van der Waals surface area contributed by atoms with Crippen LogP contribution in [0.1, 0.15) is 18.9 Å². The van der Waals surface area contributed by atoms with Gasteiger partial charge in [0, 0.05) is 6.42 Å². The topological polar surface area (TPSA) is 29.5 Å². The lowest BCUT2D eigenvalue weighted by atomic mass is 10.2. The van der Waals surface area contributed by atoms with Crippen molar-refractivity contribution in [3.05, 3.63) is 35.9 Å². The fraction of sp³-hybridized carbons (Fsp3) is 0.385. The summed E-state index contributed by atoms with van der Waals surface area (Å²) in [7, 11) is 0. The zero-order valence-electron chi connectivity index (χ0n) is 8.94. The number of aliphatic hydroxyl groups excluding tert-OH is 1. The Balaban J connectivity index is 2.36. The molecule has 1 unspecified atom stereocenters. The van der Waals surface area contributed by atoms with Crippen molar-refractivity contribution in [3.8, 4) is 11.8 Å². The van der Waals surface area contributed by atoms with E-state index in [1.165, 1.54) is 0 Å². The monoisotopic (exact) mass is 204 g/mol. The van der Waals surface area contributed by atoms with Gasteiger partial charge >= 0.3 is 0 Å². The molecule has 0 heterocycles. The Kier molecular flexibility index (Phi) is 5.54. The summed E-state index contributed by atoms with van der Waals surface area (Å²) in [5.74, 6) is 5.69. The smallest absolute Gasteiger partial charge is 0.0919 e. The lowest BCUT2D eigenvalue weighted by molar-refractivity contribution is 0.00600. The van der Waals surface area contributed by atoms with Crippen molar-refractivity contribution in [2.75, 3.05) is 6.61 Å². The fourth-order valence-electron chi connectivity index (χ4n) is 1.18. The quantitative estimate of drug-likeness (QED) is 0.743. The van der Waals surface area contributed by atoms with Crippen molar-refractivity contribution in [1.82, 2.24) is 0 Å². The van der Waals surface area contributed by atoms with Crippen LogP contribution >= 0.6 is 0 Å². The van der Waals surface area contributed by atoms with E-state index in [1.54, 1.807) is 6.92 Å².